The molecule has 0 aliphatic heterocycles. The molecule has 0 heterocycles. The number of rotatable bonds is 5. The normalized spacial score (nSPS) is 43.2. The summed E-state index contributed by atoms with van der Waals surface area (Å²) in [6.07, 6.45) is 7.42. The zero-order valence-electron chi connectivity index (χ0n) is 11.5. The molecule has 0 aromatic rings. The molecule has 0 spiro atoms. The van der Waals surface area contributed by atoms with Crippen molar-refractivity contribution in [1.82, 2.24) is 0 Å². The van der Waals surface area contributed by atoms with Crippen LogP contribution in [0, 0.1) is 35.5 Å². The summed E-state index contributed by atoms with van der Waals surface area (Å²) in [5.41, 5.74) is 0. The number of aliphatic hydroxyl groups is 1. The Kier molecular flexibility index (Phi) is 3.66. The Morgan fingerprint density at radius 2 is 2.00 bits per heavy atom. The minimum absolute atomic E-state index is 0.303. The molecule has 6 atom stereocenters. The largest absolute Gasteiger partial charge is 0.463 e. The number of ether oxygens (including phenoxy) is 1. The van der Waals surface area contributed by atoms with E-state index in [2.05, 4.69) is 6.58 Å². The lowest BCUT2D eigenvalue weighted by molar-refractivity contribution is -0.138. The fourth-order valence-corrected chi connectivity index (χ4v) is 5.18. The molecule has 0 aromatic carbocycles. The minimum atomic E-state index is -0.303. The summed E-state index contributed by atoms with van der Waals surface area (Å²) in [4.78, 5) is 11.0. The second kappa shape index (κ2) is 5.28. The first-order valence-electron chi connectivity index (χ1n) is 7.63. The SMILES string of the molecule is C=CC(=O)OCCC1CC2CC1C1CC(CO)CC21. The van der Waals surface area contributed by atoms with Crippen molar-refractivity contribution in [3.63, 3.8) is 0 Å². The van der Waals surface area contributed by atoms with E-state index in [9.17, 15) is 9.90 Å². The molecule has 0 saturated heterocycles. The van der Waals surface area contributed by atoms with Gasteiger partial charge in [-0.25, -0.2) is 4.79 Å². The topological polar surface area (TPSA) is 46.5 Å². The Morgan fingerprint density at radius 1 is 1.21 bits per heavy atom. The zero-order valence-corrected chi connectivity index (χ0v) is 11.5. The van der Waals surface area contributed by atoms with Gasteiger partial charge in [0, 0.05) is 12.7 Å². The van der Waals surface area contributed by atoms with Gasteiger partial charge in [-0.1, -0.05) is 6.58 Å². The molecule has 2 bridgehead atoms. The van der Waals surface area contributed by atoms with Gasteiger partial charge in [0.1, 0.15) is 0 Å². The Balaban J connectivity index is 1.52. The number of aliphatic hydroxyl groups excluding tert-OH is 1. The standard InChI is InChI=1S/C16H24O3/c1-2-16(18)19-4-3-11-7-12-8-14(11)15-6-10(9-17)5-13(12)15/h2,10-15,17H,1,3-9H2. The van der Waals surface area contributed by atoms with E-state index in [1.165, 1.54) is 31.8 Å². The van der Waals surface area contributed by atoms with E-state index in [0.717, 1.165) is 36.0 Å². The molecular weight excluding hydrogens is 240 g/mol. The van der Waals surface area contributed by atoms with Crippen molar-refractivity contribution < 1.29 is 14.6 Å². The predicted octanol–water partition coefficient (Wildman–Crippen LogP) is 2.40. The van der Waals surface area contributed by atoms with E-state index in [1.807, 2.05) is 0 Å². The molecule has 3 heteroatoms. The maximum Gasteiger partial charge on any atom is 0.330 e. The molecule has 3 nitrogen and oxygen atoms in total. The molecule has 0 radical (unpaired) electrons. The Hall–Kier alpha value is -0.830. The molecule has 3 saturated carbocycles. The van der Waals surface area contributed by atoms with E-state index in [4.69, 9.17) is 4.74 Å². The van der Waals surface area contributed by atoms with E-state index >= 15 is 0 Å². The third-order valence-corrected chi connectivity index (χ3v) is 5.86. The molecule has 3 fully saturated rings. The summed E-state index contributed by atoms with van der Waals surface area (Å²) in [7, 11) is 0. The molecule has 0 amide bonds. The lowest BCUT2D eigenvalue weighted by Crippen LogP contribution is -2.25. The quantitative estimate of drug-likeness (QED) is 0.612. The van der Waals surface area contributed by atoms with Crippen molar-refractivity contribution >= 4 is 5.97 Å². The average Bonchev–Trinajstić information content (AvgIpc) is 3.08. The lowest BCUT2D eigenvalue weighted by atomic mass is 9.75. The molecule has 3 aliphatic rings. The number of carbonyl (C=O) groups excluding carboxylic acids is 1. The van der Waals surface area contributed by atoms with Crippen molar-refractivity contribution in [3.8, 4) is 0 Å². The first-order valence-corrected chi connectivity index (χ1v) is 7.63. The molecule has 3 rings (SSSR count). The highest BCUT2D eigenvalue weighted by Gasteiger charge is 2.55. The summed E-state index contributed by atoms with van der Waals surface area (Å²) < 4.78 is 5.12. The maximum absolute atomic E-state index is 11.0. The van der Waals surface area contributed by atoms with Crippen LogP contribution in [-0.2, 0) is 9.53 Å². The third-order valence-electron chi connectivity index (χ3n) is 5.86. The second-order valence-electron chi connectivity index (χ2n) is 6.66. The zero-order chi connectivity index (χ0) is 13.4. The molecule has 106 valence electrons. The number of carbonyl (C=O) groups is 1. The van der Waals surface area contributed by atoms with Crippen LogP contribution >= 0.6 is 0 Å². The van der Waals surface area contributed by atoms with E-state index < -0.39 is 0 Å². The van der Waals surface area contributed by atoms with E-state index in [1.54, 1.807) is 0 Å². The summed E-state index contributed by atoms with van der Waals surface area (Å²) >= 11 is 0. The van der Waals surface area contributed by atoms with Gasteiger partial charge in [0.05, 0.1) is 6.61 Å². The summed E-state index contributed by atoms with van der Waals surface area (Å²) in [5.74, 6) is 4.42. The average molecular weight is 264 g/mol. The lowest BCUT2D eigenvalue weighted by Gasteiger charge is -2.31. The van der Waals surface area contributed by atoms with E-state index in [-0.39, 0.29) is 5.97 Å². The third kappa shape index (κ3) is 2.33. The predicted molar refractivity (Wildman–Crippen MR) is 72.3 cm³/mol. The van der Waals surface area contributed by atoms with Gasteiger partial charge in [0.25, 0.3) is 0 Å². The Labute approximate surface area is 115 Å². The molecule has 19 heavy (non-hydrogen) atoms. The first-order chi connectivity index (χ1) is 9.22. The van der Waals surface area contributed by atoms with Gasteiger partial charge in [-0.05, 0) is 67.6 Å². The molecule has 3 aliphatic carbocycles. The number of hydrogen-bond donors (Lipinski definition) is 1. The van der Waals surface area contributed by atoms with Gasteiger partial charge >= 0.3 is 5.97 Å². The maximum atomic E-state index is 11.0. The van der Waals surface area contributed by atoms with Gasteiger partial charge in [-0.3, -0.25) is 0 Å². The fourth-order valence-electron chi connectivity index (χ4n) is 5.18. The molecule has 0 aromatic heterocycles. The molecular formula is C16H24O3. The van der Waals surface area contributed by atoms with Crippen molar-refractivity contribution in [3.05, 3.63) is 12.7 Å². The van der Waals surface area contributed by atoms with Gasteiger partial charge in [-0.15, -0.1) is 0 Å². The van der Waals surface area contributed by atoms with Crippen molar-refractivity contribution in [2.24, 2.45) is 35.5 Å². The molecule has 6 unspecified atom stereocenters. The van der Waals surface area contributed by atoms with Crippen LogP contribution < -0.4 is 0 Å². The van der Waals surface area contributed by atoms with Gasteiger partial charge in [-0.2, -0.15) is 0 Å². The summed E-state index contributed by atoms with van der Waals surface area (Å²) in [6, 6.07) is 0. The van der Waals surface area contributed by atoms with Crippen LogP contribution in [0.1, 0.15) is 32.1 Å². The van der Waals surface area contributed by atoms with Crippen LogP contribution in [0.5, 0.6) is 0 Å². The summed E-state index contributed by atoms with van der Waals surface area (Å²) in [6.45, 7) is 4.32. The van der Waals surface area contributed by atoms with Gasteiger partial charge in [0.2, 0.25) is 0 Å². The second-order valence-corrected chi connectivity index (χ2v) is 6.66. The highest BCUT2D eigenvalue weighted by molar-refractivity contribution is 5.81. The van der Waals surface area contributed by atoms with Crippen molar-refractivity contribution in [2.75, 3.05) is 13.2 Å². The van der Waals surface area contributed by atoms with Gasteiger partial charge < -0.3 is 9.84 Å². The smallest absolute Gasteiger partial charge is 0.330 e. The van der Waals surface area contributed by atoms with Crippen LogP contribution in [0.3, 0.4) is 0 Å². The van der Waals surface area contributed by atoms with Crippen molar-refractivity contribution in [2.45, 2.75) is 32.1 Å². The van der Waals surface area contributed by atoms with Crippen molar-refractivity contribution in [1.29, 1.82) is 0 Å². The number of fused-ring (bicyclic) bond motifs is 5. The minimum Gasteiger partial charge on any atom is -0.463 e. The van der Waals surface area contributed by atoms with Crippen LogP contribution in [0.4, 0.5) is 0 Å². The first kappa shape index (κ1) is 13.2. The number of esters is 1. The van der Waals surface area contributed by atoms with E-state index in [0.29, 0.717) is 19.1 Å². The fraction of sp³-hybridized carbons (Fsp3) is 0.812. The highest BCUT2D eigenvalue weighted by Crippen LogP contribution is 2.62. The van der Waals surface area contributed by atoms with Crippen LogP contribution in [-0.4, -0.2) is 24.3 Å². The number of hydrogen-bond acceptors (Lipinski definition) is 3. The Bertz CT molecular complexity index is 365. The monoisotopic (exact) mass is 264 g/mol. The molecule has 1 N–H and O–H groups in total. The summed E-state index contributed by atoms with van der Waals surface area (Å²) in [5, 5.41) is 9.34. The van der Waals surface area contributed by atoms with Crippen LogP contribution in [0.15, 0.2) is 12.7 Å². The van der Waals surface area contributed by atoms with Crippen LogP contribution in [0.25, 0.3) is 0 Å². The highest BCUT2D eigenvalue weighted by atomic mass is 16.5. The van der Waals surface area contributed by atoms with Crippen LogP contribution in [0.2, 0.25) is 0 Å². The van der Waals surface area contributed by atoms with Gasteiger partial charge in [0.15, 0.2) is 0 Å². The Morgan fingerprint density at radius 3 is 2.74 bits per heavy atom.